The van der Waals surface area contributed by atoms with Gasteiger partial charge in [0.15, 0.2) is 0 Å². The lowest BCUT2D eigenvalue weighted by atomic mass is 9.99. The fourth-order valence-electron chi connectivity index (χ4n) is 1.34. The lowest BCUT2D eigenvalue weighted by molar-refractivity contribution is 0.734. The van der Waals surface area contributed by atoms with E-state index in [9.17, 15) is 0 Å². The van der Waals surface area contributed by atoms with Crippen LogP contribution in [0.5, 0.6) is 0 Å². The molecule has 0 aliphatic heterocycles. The molecular weight excluding hydrogens is 175 g/mol. The summed E-state index contributed by atoms with van der Waals surface area (Å²) in [6, 6.07) is 9.14. The van der Waals surface area contributed by atoms with Crippen LogP contribution in [0.2, 0.25) is 0 Å². The highest BCUT2D eigenvalue weighted by molar-refractivity contribution is 7.64. The van der Waals surface area contributed by atoms with Gasteiger partial charge in [0.1, 0.15) is 0 Å². The van der Waals surface area contributed by atoms with Gasteiger partial charge in [-0.15, -0.1) is 0 Å². The third kappa shape index (κ3) is 2.81. The van der Waals surface area contributed by atoms with Crippen molar-refractivity contribution < 1.29 is 0 Å². The van der Waals surface area contributed by atoms with Crippen molar-refractivity contribution in [3.63, 3.8) is 0 Å². The molecule has 0 saturated heterocycles. The van der Waals surface area contributed by atoms with Gasteiger partial charge in [-0.25, -0.2) is 0 Å². The molecule has 0 heterocycles. The maximum atomic E-state index is 2.30. The van der Waals surface area contributed by atoms with E-state index in [1.807, 2.05) is 0 Å². The molecule has 1 aromatic rings. The zero-order valence-electron chi connectivity index (χ0n) is 9.04. The molecule has 1 rings (SSSR count). The molecule has 0 nitrogen and oxygen atoms in total. The van der Waals surface area contributed by atoms with E-state index in [0.717, 1.165) is 0 Å². The summed E-state index contributed by atoms with van der Waals surface area (Å²) < 4.78 is 0. The van der Waals surface area contributed by atoms with Crippen LogP contribution < -0.4 is 5.30 Å². The highest BCUT2D eigenvalue weighted by Crippen LogP contribution is 2.25. The summed E-state index contributed by atoms with van der Waals surface area (Å²) in [6.07, 6.45) is 1.23. The molecule has 0 spiro atoms. The summed E-state index contributed by atoms with van der Waals surface area (Å²) >= 11 is 0. The maximum Gasteiger partial charge on any atom is -0.0193 e. The van der Waals surface area contributed by atoms with Crippen molar-refractivity contribution in [2.24, 2.45) is 0 Å². The van der Waals surface area contributed by atoms with E-state index < -0.39 is 0 Å². The third-order valence-electron chi connectivity index (χ3n) is 2.59. The van der Waals surface area contributed by atoms with E-state index >= 15 is 0 Å². The van der Waals surface area contributed by atoms with E-state index in [-0.39, 0.29) is 7.92 Å². The van der Waals surface area contributed by atoms with E-state index in [0.29, 0.717) is 5.92 Å². The van der Waals surface area contributed by atoms with Gasteiger partial charge in [-0.2, -0.15) is 0 Å². The molecule has 0 saturated carbocycles. The molecule has 0 radical (unpaired) electrons. The number of rotatable bonds is 3. The first-order valence-electron chi connectivity index (χ1n) is 4.92. The Labute approximate surface area is 83.1 Å². The van der Waals surface area contributed by atoms with Crippen LogP contribution in [-0.4, -0.2) is 13.3 Å². The molecular formula is C12H19P. The molecule has 0 fully saturated rings. The van der Waals surface area contributed by atoms with Crippen LogP contribution in [0.4, 0.5) is 0 Å². The van der Waals surface area contributed by atoms with Crippen LogP contribution in [0.1, 0.15) is 31.7 Å². The van der Waals surface area contributed by atoms with Crippen molar-refractivity contribution in [2.45, 2.75) is 26.2 Å². The standard InChI is InChI=1S/C12H19P/c1-5-10(2)11-6-8-12(9-7-11)13(3)4/h6-10H,5H2,1-4H3. The van der Waals surface area contributed by atoms with Crippen LogP contribution in [0.3, 0.4) is 0 Å². The van der Waals surface area contributed by atoms with Crippen LogP contribution >= 0.6 is 7.92 Å². The second kappa shape index (κ2) is 4.77. The number of hydrogen-bond donors (Lipinski definition) is 0. The van der Waals surface area contributed by atoms with Gasteiger partial charge < -0.3 is 0 Å². The van der Waals surface area contributed by atoms with Gasteiger partial charge in [0.2, 0.25) is 0 Å². The van der Waals surface area contributed by atoms with E-state index in [2.05, 4.69) is 51.4 Å². The van der Waals surface area contributed by atoms with Crippen LogP contribution in [-0.2, 0) is 0 Å². The highest BCUT2D eigenvalue weighted by atomic mass is 31.1. The molecule has 0 aliphatic carbocycles. The highest BCUT2D eigenvalue weighted by Gasteiger charge is 2.03. The zero-order valence-corrected chi connectivity index (χ0v) is 9.94. The summed E-state index contributed by atoms with van der Waals surface area (Å²) in [4.78, 5) is 0. The minimum absolute atomic E-state index is 0.0685. The molecule has 72 valence electrons. The second-order valence-corrected chi connectivity index (χ2v) is 6.10. The summed E-state index contributed by atoms with van der Waals surface area (Å²) in [5, 5.41) is 1.50. The molecule has 1 unspecified atom stereocenters. The van der Waals surface area contributed by atoms with Gasteiger partial charge in [-0.3, -0.25) is 0 Å². The predicted octanol–water partition coefficient (Wildman–Crippen LogP) is 3.57. The maximum absolute atomic E-state index is 2.30. The van der Waals surface area contributed by atoms with Gasteiger partial charge in [0.05, 0.1) is 0 Å². The van der Waals surface area contributed by atoms with Crippen molar-refractivity contribution in [1.82, 2.24) is 0 Å². The second-order valence-electron chi connectivity index (χ2n) is 3.80. The van der Waals surface area contributed by atoms with Gasteiger partial charge in [-0.1, -0.05) is 46.0 Å². The van der Waals surface area contributed by atoms with Gasteiger partial charge in [0, 0.05) is 0 Å². The Balaban J connectivity index is 2.81. The van der Waals surface area contributed by atoms with Gasteiger partial charge in [0.25, 0.3) is 0 Å². The van der Waals surface area contributed by atoms with Crippen LogP contribution in [0.15, 0.2) is 24.3 Å². The van der Waals surface area contributed by atoms with Gasteiger partial charge in [-0.05, 0) is 36.5 Å². The van der Waals surface area contributed by atoms with E-state index in [4.69, 9.17) is 0 Å². The molecule has 1 heteroatoms. The summed E-state index contributed by atoms with van der Waals surface area (Å²) in [6.45, 7) is 9.13. The summed E-state index contributed by atoms with van der Waals surface area (Å²) in [5.41, 5.74) is 1.48. The predicted molar refractivity (Wildman–Crippen MR) is 63.6 cm³/mol. The summed E-state index contributed by atoms with van der Waals surface area (Å²) in [7, 11) is 0.0685. The SMILES string of the molecule is CCC(C)c1ccc(P(C)C)cc1. The van der Waals surface area contributed by atoms with Crippen molar-refractivity contribution >= 4 is 13.2 Å². The average molecular weight is 194 g/mol. The molecule has 13 heavy (non-hydrogen) atoms. The molecule has 0 aliphatic rings. The quantitative estimate of drug-likeness (QED) is 0.645. The Morgan fingerprint density at radius 1 is 1.15 bits per heavy atom. The number of benzene rings is 1. The van der Waals surface area contributed by atoms with Crippen molar-refractivity contribution in [1.29, 1.82) is 0 Å². The Kier molecular flexibility index (Phi) is 3.93. The van der Waals surface area contributed by atoms with Crippen molar-refractivity contribution in [2.75, 3.05) is 13.3 Å². The van der Waals surface area contributed by atoms with Crippen LogP contribution in [0, 0.1) is 0 Å². The molecule has 0 aromatic heterocycles. The average Bonchev–Trinajstić information content (AvgIpc) is 2.17. The normalized spacial score (nSPS) is 13.3. The van der Waals surface area contributed by atoms with Gasteiger partial charge >= 0.3 is 0 Å². The lowest BCUT2D eigenvalue weighted by Crippen LogP contribution is -2.00. The lowest BCUT2D eigenvalue weighted by Gasteiger charge is -2.11. The van der Waals surface area contributed by atoms with Crippen molar-refractivity contribution in [3.05, 3.63) is 29.8 Å². The van der Waals surface area contributed by atoms with Crippen molar-refractivity contribution in [3.8, 4) is 0 Å². The van der Waals surface area contributed by atoms with E-state index in [1.54, 1.807) is 0 Å². The first-order chi connectivity index (χ1) is 6.15. The Bertz CT molecular complexity index is 248. The molecule has 0 bridgehead atoms. The first kappa shape index (κ1) is 10.7. The smallest absolute Gasteiger partial charge is 0.0193 e. The molecule has 0 amide bonds. The van der Waals surface area contributed by atoms with Crippen LogP contribution in [0.25, 0.3) is 0 Å². The Morgan fingerprint density at radius 2 is 1.69 bits per heavy atom. The third-order valence-corrected chi connectivity index (χ3v) is 3.92. The van der Waals surface area contributed by atoms with E-state index in [1.165, 1.54) is 17.3 Å². The minimum atomic E-state index is 0.0685. The summed E-state index contributed by atoms with van der Waals surface area (Å²) in [5.74, 6) is 0.703. The Hall–Kier alpha value is -0.350. The molecule has 1 aromatic carbocycles. The topological polar surface area (TPSA) is 0 Å². The fourth-order valence-corrected chi connectivity index (χ4v) is 2.08. The number of hydrogen-bond acceptors (Lipinski definition) is 0. The molecule has 1 atom stereocenters. The largest absolute Gasteiger partial charge is 0.0817 e. The zero-order chi connectivity index (χ0) is 9.84. The fraction of sp³-hybridized carbons (Fsp3) is 0.500. The Morgan fingerprint density at radius 3 is 2.08 bits per heavy atom. The molecule has 0 N–H and O–H groups in total. The monoisotopic (exact) mass is 194 g/mol. The minimum Gasteiger partial charge on any atom is -0.0817 e. The first-order valence-corrected chi connectivity index (χ1v) is 7.16.